The van der Waals surface area contributed by atoms with Crippen molar-refractivity contribution < 1.29 is 4.39 Å². The lowest BCUT2D eigenvalue weighted by atomic mass is 10.1. The van der Waals surface area contributed by atoms with E-state index in [1.807, 2.05) is 11.4 Å². The first-order chi connectivity index (χ1) is 8.29. The molecule has 0 bridgehead atoms. The number of halogens is 1. The van der Waals surface area contributed by atoms with Gasteiger partial charge in [0.15, 0.2) is 0 Å². The predicted octanol–water partition coefficient (Wildman–Crippen LogP) is 2.76. The molecule has 2 nitrogen and oxygen atoms in total. The van der Waals surface area contributed by atoms with Crippen LogP contribution in [0.25, 0.3) is 0 Å². The number of hydrogen-bond donors (Lipinski definition) is 1. The van der Waals surface area contributed by atoms with Crippen molar-refractivity contribution in [2.24, 2.45) is 5.73 Å². The van der Waals surface area contributed by atoms with Gasteiger partial charge < -0.3 is 5.73 Å². The number of nitrogens with two attached hydrogens (primary N) is 1. The second kappa shape index (κ2) is 5.89. The van der Waals surface area contributed by atoms with E-state index < -0.39 is 0 Å². The molecule has 4 heteroatoms. The Labute approximate surface area is 104 Å². The molecular formula is C13H15FN2S. The van der Waals surface area contributed by atoms with Gasteiger partial charge in [-0.2, -0.15) is 0 Å². The molecule has 2 N–H and O–H groups in total. The Morgan fingerprint density at radius 2 is 2.12 bits per heavy atom. The van der Waals surface area contributed by atoms with E-state index >= 15 is 0 Å². The zero-order chi connectivity index (χ0) is 12.1. The van der Waals surface area contributed by atoms with E-state index in [4.69, 9.17) is 5.73 Å². The van der Waals surface area contributed by atoms with Crippen molar-refractivity contribution in [1.29, 1.82) is 0 Å². The fourth-order valence-electron chi connectivity index (χ4n) is 1.63. The van der Waals surface area contributed by atoms with Gasteiger partial charge in [-0.05, 0) is 31.0 Å². The van der Waals surface area contributed by atoms with Crippen LogP contribution < -0.4 is 5.73 Å². The zero-order valence-electron chi connectivity index (χ0n) is 9.53. The van der Waals surface area contributed by atoms with Crippen LogP contribution in [0.1, 0.15) is 22.7 Å². The molecule has 0 amide bonds. The lowest BCUT2D eigenvalue weighted by Crippen LogP contribution is -2.00. The summed E-state index contributed by atoms with van der Waals surface area (Å²) in [6.45, 7) is 0.681. The molecule has 0 aliphatic rings. The molecule has 0 aliphatic heterocycles. The first-order valence-electron chi connectivity index (χ1n) is 5.66. The number of thiazole rings is 1. The first-order valence-corrected chi connectivity index (χ1v) is 6.54. The molecule has 90 valence electrons. The van der Waals surface area contributed by atoms with Crippen LogP contribution in [0, 0.1) is 5.82 Å². The van der Waals surface area contributed by atoms with Crippen molar-refractivity contribution in [3.63, 3.8) is 0 Å². The monoisotopic (exact) mass is 250 g/mol. The third kappa shape index (κ3) is 3.35. The molecule has 0 aliphatic carbocycles. The van der Waals surface area contributed by atoms with Crippen molar-refractivity contribution >= 4 is 11.3 Å². The Kier molecular flexibility index (Phi) is 4.23. The summed E-state index contributed by atoms with van der Waals surface area (Å²) in [6.07, 6.45) is 2.42. The minimum Gasteiger partial charge on any atom is -0.330 e. The summed E-state index contributed by atoms with van der Waals surface area (Å²) in [6, 6.07) is 6.84. The zero-order valence-corrected chi connectivity index (χ0v) is 10.3. The average Bonchev–Trinajstić information content (AvgIpc) is 2.77. The Hall–Kier alpha value is -1.26. The lowest BCUT2D eigenvalue weighted by molar-refractivity contribution is 0.613. The van der Waals surface area contributed by atoms with E-state index in [-0.39, 0.29) is 5.82 Å². The fourth-order valence-corrected chi connectivity index (χ4v) is 2.48. The van der Waals surface area contributed by atoms with Gasteiger partial charge in [-0.3, -0.25) is 0 Å². The van der Waals surface area contributed by atoms with Gasteiger partial charge in [0.1, 0.15) is 5.82 Å². The maximum Gasteiger partial charge on any atom is 0.126 e. The molecule has 0 fully saturated rings. The van der Waals surface area contributed by atoms with Crippen LogP contribution in [-0.4, -0.2) is 11.5 Å². The Morgan fingerprint density at radius 3 is 2.88 bits per heavy atom. The van der Waals surface area contributed by atoms with Gasteiger partial charge in [0.2, 0.25) is 0 Å². The highest BCUT2D eigenvalue weighted by molar-refractivity contribution is 7.09. The van der Waals surface area contributed by atoms with Crippen LogP contribution in [0.2, 0.25) is 0 Å². The van der Waals surface area contributed by atoms with Gasteiger partial charge in [0.05, 0.1) is 10.7 Å². The van der Waals surface area contributed by atoms with E-state index in [1.54, 1.807) is 23.5 Å². The van der Waals surface area contributed by atoms with Gasteiger partial charge in [-0.25, -0.2) is 9.37 Å². The highest BCUT2D eigenvalue weighted by atomic mass is 32.1. The van der Waals surface area contributed by atoms with Crippen molar-refractivity contribution in [2.75, 3.05) is 6.54 Å². The second-order valence-electron chi connectivity index (χ2n) is 3.89. The number of benzene rings is 1. The number of rotatable bonds is 5. The molecule has 17 heavy (non-hydrogen) atoms. The van der Waals surface area contributed by atoms with Crippen molar-refractivity contribution in [2.45, 2.75) is 19.3 Å². The highest BCUT2D eigenvalue weighted by Crippen LogP contribution is 2.17. The minimum atomic E-state index is -0.161. The molecule has 0 saturated heterocycles. The van der Waals surface area contributed by atoms with Gasteiger partial charge >= 0.3 is 0 Å². The standard InChI is InChI=1S/C13H15FN2S/c14-12-6-2-1-4-10(12)8-13-16-11(9-17-13)5-3-7-15/h1-2,4,6,9H,3,5,7-8,15H2. The quantitative estimate of drug-likeness (QED) is 0.886. The Bertz CT molecular complexity index is 482. The smallest absolute Gasteiger partial charge is 0.126 e. The summed E-state index contributed by atoms with van der Waals surface area (Å²) in [5, 5.41) is 2.99. The number of aryl methyl sites for hydroxylation is 1. The molecule has 2 aromatic rings. The van der Waals surface area contributed by atoms with Crippen molar-refractivity contribution in [3.8, 4) is 0 Å². The number of hydrogen-bond acceptors (Lipinski definition) is 3. The summed E-state index contributed by atoms with van der Waals surface area (Å²) >= 11 is 1.58. The van der Waals surface area contributed by atoms with Crippen LogP contribution in [-0.2, 0) is 12.8 Å². The molecule has 1 aromatic heterocycles. The molecule has 1 aromatic carbocycles. The Balaban J connectivity index is 2.04. The summed E-state index contributed by atoms with van der Waals surface area (Å²) in [5.74, 6) is -0.161. The highest BCUT2D eigenvalue weighted by Gasteiger charge is 2.06. The SMILES string of the molecule is NCCCc1csc(Cc2ccccc2F)n1. The van der Waals surface area contributed by atoms with Gasteiger partial charge in [-0.15, -0.1) is 11.3 Å². The van der Waals surface area contributed by atoms with Gasteiger partial charge in [-0.1, -0.05) is 18.2 Å². The van der Waals surface area contributed by atoms with Crippen LogP contribution >= 0.6 is 11.3 Å². The third-order valence-corrected chi connectivity index (χ3v) is 3.43. The maximum atomic E-state index is 13.4. The molecule has 0 saturated carbocycles. The molecular weight excluding hydrogens is 235 g/mol. The topological polar surface area (TPSA) is 38.9 Å². The van der Waals surface area contributed by atoms with E-state index in [0.717, 1.165) is 23.5 Å². The normalized spacial score (nSPS) is 10.7. The summed E-state index contributed by atoms with van der Waals surface area (Å²) in [5.41, 5.74) is 7.22. The number of nitrogens with zero attached hydrogens (tertiary/aromatic N) is 1. The summed E-state index contributed by atoms with van der Waals surface area (Å²) in [7, 11) is 0. The molecule has 2 rings (SSSR count). The number of aromatic nitrogens is 1. The summed E-state index contributed by atoms with van der Waals surface area (Å²) < 4.78 is 13.4. The van der Waals surface area contributed by atoms with Crippen molar-refractivity contribution in [3.05, 3.63) is 51.7 Å². The van der Waals surface area contributed by atoms with E-state index in [1.165, 1.54) is 6.07 Å². The first kappa shape index (κ1) is 12.2. The van der Waals surface area contributed by atoms with E-state index in [2.05, 4.69) is 4.98 Å². The van der Waals surface area contributed by atoms with Crippen LogP contribution in [0.4, 0.5) is 4.39 Å². The van der Waals surface area contributed by atoms with Crippen LogP contribution in [0.15, 0.2) is 29.6 Å². The average molecular weight is 250 g/mol. The third-order valence-electron chi connectivity index (χ3n) is 2.54. The minimum absolute atomic E-state index is 0.161. The fraction of sp³-hybridized carbons (Fsp3) is 0.308. The molecule has 0 radical (unpaired) electrons. The largest absolute Gasteiger partial charge is 0.330 e. The van der Waals surface area contributed by atoms with Crippen LogP contribution in [0.3, 0.4) is 0 Å². The maximum absolute atomic E-state index is 13.4. The summed E-state index contributed by atoms with van der Waals surface area (Å²) in [4.78, 5) is 4.48. The van der Waals surface area contributed by atoms with Gasteiger partial charge in [0, 0.05) is 11.8 Å². The molecule has 0 atom stereocenters. The van der Waals surface area contributed by atoms with E-state index in [9.17, 15) is 4.39 Å². The lowest BCUT2D eigenvalue weighted by Gasteiger charge is -1.99. The molecule has 0 spiro atoms. The predicted molar refractivity (Wildman–Crippen MR) is 68.7 cm³/mol. The molecule has 1 heterocycles. The van der Waals surface area contributed by atoms with E-state index in [0.29, 0.717) is 18.5 Å². The Morgan fingerprint density at radius 1 is 1.29 bits per heavy atom. The second-order valence-corrected chi connectivity index (χ2v) is 4.84. The molecule has 0 unspecified atom stereocenters. The van der Waals surface area contributed by atoms with Crippen molar-refractivity contribution in [1.82, 2.24) is 4.98 Å². The van der Waals surface area contributed by atoms with Gasteiger partial charge in [0.25, 0.3) is 0 Å². The van der Waals surface area contributed by atoms with Crippen LogP contribution in [0.5, 0.6) is 0 Å².